The molecule has 0 amide bonds. The second kappa shape index (κ2) is 16.0. The summed E-state index contributed by atoms with van der Waals surface area (Å²) in [6.45, 7) is 0. The van der Waals surface area contributed by atoms with Gasteiger partial charge in [0.15, 0.2) is 0 Å². The summed E-state index contributed by atoms with van der Waals surface area (Å²) in [6.07, 6.45) is 0. The van der Waals surface area contributed by atoms with Crippen LogP contribution >= 0.6 is 0 Å². The molecule has 2 aromatic heterocycles. The highest BCUT2D eigenvalue weighted by Crippen LogP contribution is 2.40. The normalized spacial score (nSPS) is 11.6. The Labute approximate surface area is 388 Å². The number of rotatable bonds is 8. The number of nitrogens with zero attached hydrogens (tertiary/aromatic N) is 2. The number of furan rings is 1. The second-order valence-corrected chi connectivity index (χ2v) is 17.3. The van der Waals surface area contributed by atoms with E-state index in [9.17, 15) is 0 Å². The molecule has 67 heavy (non-hydrogen) atoms. The van der Waals surface area contributed by atoms with Crippen molar-refractivity contribution in [2.24, 2.45) is 0 Å². The maximum absolute atomic E-state index is 6.15. The minimum Gasteiger partial charge on any atom is -0.456 e. The molecule has 11 aromatic carbocycles. The van der Waals surface area contributed by atoms with Crippen molar-refractivity contribution < 1.29 is 4.42 Å². The van der Waals surface area contributed by atoms with E-state index in [2.05, 4.69) is 252 Å². The first-order chi connectivity index (χ1) is 33.2. The van der Waals surface area contributed by atoms with Crippen molar-refractivity contribution in [1.29, 1.82) is 0 Å². The summed E-state index contributed by atoms with van der Waals surface area (Å²) >= 11 is 0. The summed E-state index contributed by atoms with van der Waals surface area (Å²) in [5, 5.41) is 7.29. The van der Waals surface area contributed by atoms with Gasteiger partial charge in [-0.2, -0.15) is 0 Å². The first kappa shape index (κ1) is 38.5. The van der Waals surface area contributed by atoms with Gasteiger partial charge in [0.25, 0.3) is 0 Å². The number of para-hydroxylation sites is 3. The third kappa shape index (κ3) is 6.84. The van der Waals surface area contributed by atoms with Crippen molar-refractivity contribution in [2.45, 2.75) is 0 Å². The summed E-state index contributed by atoms with van der Waals surface area (Å²) in [4.78, 5) is 2.35. The van der Waals surface area contributed by atoms with E-state index in [0.717, 1.165) is 61.4 Å². The highest BCUT2D eigenvalue weighted by molar-refractivity contribution is 6.09. The third-order valence-electron chi connectivity index (χ3n) is 13.4. The largest absolute Gasteiger partial charge is 0.456 e. The van der Waals surface area contributed by atoms with Gasteiger partial charge in [-0.25, -0.2) is 0 Å². The summed E-state index contributed by atoms with van der Waals surface area (Å²) < 4.78 is 8.53. The number of benzene rings is 11. The number of aromatic nitrogens is 1. The Hall–Kier alpha value is -8.92. The SMILES string of the molecule is c1cc(-c2ccc(N(c3ccc(-c4ccc(-c5ccc6ccccc6c5)cc4)cc3)c3ccc(-c4ccc5oc6ccccc6c5c4)cc3)cc2)cc(-n2c3ccccc3c3ccccc32)c1. The van der Waals surface area contributed by atoms with Crippen LogP contribution < -0.4 is 4.90 Å². The van der Waals surface area contributed by atoms with Gasteiger partial charge < -0.3 is 13.9 Å². The van der Waals surface area contributed by atoms with Crippen LogP contribution in [0.1, 0.15) is 0 Å². The number of anilines is 3. The van der Waals surface area contributed by atoms with Gasteiger partial charge in [0, 0.05) is 44.3 Å². The molecule has 2 heterocycles. The molecule has 0 atom stereocenters. The Balaban J connectivity index is 0.846. The van der Waals surface area contributed by atoms with Crippen LogP contribution in [-0.2, 0) is 0 Å². The number of fused-ring (bicyclic) bond motifs is 7. The Morgan fingerprint density at radius 2 is 0.701 bits per heavy atom. The monoisotopic (exact) mass is 854 g/mol. The highest BCUT2D eigenvalue weighted by Gasteiger charge is 2.16. The van der Waals surface area contributed by atoms with Crippen molar-refractivity contribution in [1.82, 2.24) is 4.57 Å². The molecule has 0 radical (unpaired) electrons. The van der Waals surface area contributed by atoms with Gasteiger partial charge in [-0.3, -0.25) is 0 Å². The predicted octanol–water partition coefficient (Wildman–Crippen LogP) is 18.0. The van der Waals surface area contributed by atoms with E-state index in [1.807, 2.05) is 12.1 Å². The van der Waals surface area contributed by atoms with Gasteiger partial charge in [0.1, 0.15) is 11.2 Å². The summed E-state index contributed by atoms with van der Waals surface area (Å²) in [5.74, 6) is 0. The van der Waals surface area contributed by atoms with Crippen LogP contribution in [0.25, 0.3) is 105 Å². The fraction of sp³-hybridized carbons (Fsp3) is 0. The Bertz CT molecular complexity index is 3900. The second-order valence-electron chi connectivity index (χ2n) is 17.3. The molecule has 0 aliphatic heterocycles. The molecule has 0 unspecified atom stereocenters. The lowest BCUT2D eigenvalue weighted by molar-refractivity contribution is 0.669. The van der Waals surface area contributed by atoms with Crippen molar-refractivity contribution in [3.05, 3.63) is 255 Å². The lowest BCUT2D eigenvalue weighted by atomic mass is 9.98. The highest BCUT2D eigenvalue weighted by atomic mass is 16.3. The van der Waals surface area contributed by atoms with Crippen LogP contribution in [-0.4, -0.2) is 4.57 Å². The van der Waals surface area contributed by atoms with Gasteiger partial charge in [0.05, 0.1) is 11.0 Å². The van der Waals surface area contributed by atoms with Gasteiger partial charge in [-0.15, -0.1) is 0 Å². The van der Waals surface area contributed by atoms with Gasteiger partial charge >= 0.3 is 0 Å². The Morgan fingerprint density at radius 1 is 0.269 bits per heavy atom. The van der Waals surface area contributed by atoms with Crippen LogP contribution in [0.15, 0.2) is 259 Å². The van der Waals surface area contributed by atoms with Gasteiger partial charge in [-0.05, 0) is 140 Å². The molecule has 0 bridgehead atoms. The molecule has 0 N–H and O–H groups in total. The first-order valence-electron chi connectivity index (χ1n) is 22.9. The average molecular weight is 855 g/mol. The average Bonchev–Trinajstić information content (AvgIpc) is 3.95. The molecule has 13 rings (SSSR count). The van der Waals surface area contributed by atoms with E-state index in [0.29, 0.717) is 0 Å². The molecule has 314 valence electrons. The minimum atomic E-state index is 0.902. The lowest BCUT2D eigenvalue weighted by Gasteiger charge is -2.26. The van der Waals surface area contributed by atoms with Crippen LogP contribution in [0.3, 0.4) is 0 Å². The Morgan fingerprint density at radius 3 is 1.31 bits per heavy atom. The molecule has 3 heteroatoms. The molecular weight excluding hydrogens is 813 g/mol. The predicted molar refractivity (Wildman–Crippen MR) is 282 cm³/mol. The maximum atomic E-state index is 6.15. The summed E-state index contributed by atoms with van der Waals surface area (Å²) in [7, 11) is 0. The lowest BCUT2D eigenvalue weighted by Crippen LogP contribution is -2.09. The minimum absolute atomic E-state index is 0.902. The molecule has 0 saturated heterocycles. The van der Waals surface area contributed by atoms with Gasteiger partial charge in [0.2, 0.25) is 0 Å². The van der Waals surface area contributed by atoms with E-state index in [4.69, 9.17) is 4.42 Å². The fourth-order valence-electron chi connectivity index (χ4n) is 10.0. The number of hydrogen-bond acceptors (Lipinski definition) is 2. The fourth-order valence-corrected chi connectivity index (χ4v) is 10.0. The van der Waals surface area contributed by atoms with E-state index >= 15 is 0 Å². The van der Waals surface area contributed by atoms with Crippen LogP contribution in [0.4, 0.5) is 17.1 Å². The zero-order valence-electron chi connectivity index (χ0n) is 36.6. The van der Waals surface area contributed by atoms with Crippen molar-refractivity contribution in [2.75, 3.05) is 4.90 Å². The Kier molecular flexibility index (Phi) is 9.17. The van der Waals surface area contributed by atoms with Crippen molar-refractivity contribution in [3.8, 4) is 50.2 Å². The number of hydrogen-bond donors (Lipinski definition) is 0. The summed E-state index contributed by atoms with van der Waals surface area (Å²) in [6, 6.07) is 92.0. The third-order valence-corrected chi connectivity index (χ3v) is 13.4. The van der Waals surface area contributed by atoms with Crippen molar-refractivity contribution in [3.63, 3.8) is 0 Å². The van der Waals surface area contributed by atoms with E-state index in [-0.39, 0.29) is 0 Å². The standard InChI is InChI=1S/C64H42N2O/c1-2-11-49-40-51(25-24-43(49)10-1)46-22-20-44(21-23-46)45-26-33-53(34-27-45)65(55-37-30-48(31-38-55)52-32-39-64-60(42-52)59-16-5-8-19-63(59)67-64)54-35-28-47(29-36-54)50-12-9-13-56(41-50)66-61-17-6-3-14-57(61)58-15-4-7-18-62(58)66/h1-42H. The van der Waals surface area contributed by atoms with Gasteiger partial charge in [-0.1, -0.05) is 170 Å². The van der Waals surface area contributed by atoms with E-state index in [1.165, 1.54) is 60.4 Å². The first-order valence-corrected chi connectivity index (χ1v) is 22.9. The quantitative estimate of drug-likeness (QED) is 0.152. The molecule has 0 saturated carbocycles. The van der Waals surface area contributed by atoms with Crippen LogP contribution in [0.2, 0.25) is 0 Å². The van der Waals surface area contributed by atoms with E-state index in [1.54, 1.807) is 0 Å². The molecule has 0 aliphatic rings. The topological polar surface area (TPSA) is 21.3 Å². The molecule has 13 aromatic rings. The summed E-state index contributed by atoms with van der Waals surface area (Å²) in [5.41, 5.74) is 18.0. The van der Waals surface area contributed by atoms with Crippen LogP contribution in [0, 0.1) is 0 Å². The molecule has 3 nitrogen and oxygen atoms in total. The zero-order valence-corrected chi connectivity index (χ0v) is 36.6. The molecule has 0 spiro atoms. The smallest absolute Gasteiger partial charge is 0.135 e. The van der Waals surface area contributed by atoms with Crippen molar-refractivity contribution >= 4 is 71.6 Å². The molecule has 0 aliphatic carbocycles. The maximum Gasteiger partial charge on any atom is 0.135 e. The zero-order chi connectivity index (χ0) is 44.3. The molecular formula is C64H42N2O. The van der Waals surface area contributed by atoms with Crippen LogP contribution in [0.5, 0.6) is 0 Å². The van der Waals surface area contributed by atoms with E-state index < -0.39 is 0 Å². The molecule has 0 fully saturated rings.